The first kappa shape index (κ1) is 18.4. The second-order valence-corrected chi connectivity index (χ2v) is 7.72. The lowest BCUT2D eigenvalue weighted by Gasteiger charge is -2.16. The summed E-state index contributed by atoms with van der Waals surface area (Å²) in [5.74, 6) is 0.214. The van der Waals surface area contributed by atoms with Crippen LogP contribution >= 0.6 is 0 Å². The molecule has 4 heteroatoms. The van der Waals surface area contributed by atoms with Crippen LogP contribution in [0.1, 0.15) is 18.4 Å². The lowest BCUT2D eigenvalue weighted by Crippen LogP contribution is -2.23. The number of amides is 1. The highest BCUT2D eigenvalue weighted by atomic mass is 16.2. The summed E-state index contributed by atoms with van der Waals surface area (Å²) in [6.07, 6.45) is 9.66. The number of hydrogen-bond donors (Lipinski definition) is 0. The molecule has 1 aliphatic rings. The van der Waals surface area contributed by atoms with E-state index < -0.39 is 0 Å². The van der Waals surface area contributed by atoms with Gasteiger partial charge in [-0.2, -0.15) is 0 Å². The highest BCUT2D eigenvalue weighted by molar-refractivity contribution is 5.95. The zero-order valence-corrected chi connectivity index (χ0v) is 16.7. The third kappa shape index (κ3) is 3.77. The van der Waals surface area contributed by atoms with Crippen LogP contribution in [0.2, 0.25) is 0 Å². The summed E-state index contributed by atoms with van der Waals surface area (Å²) in [5, 5.41) is 0. The van der Waals surface area contributed by atoms with Crippen LogP contribution in [-0.4, -0.2) is 22.0 Å². The molecule has 1 fully saturated rings. The quantitative estimate of drug-likeness (QED) is 0.456. The molecule has 1 aliphatic heterocycles. The minimum Gasteiger partial charge on any atom is -0.349 e. The van der Waals surface area contributed by atoms with Gasteiger partial charge < -0.3 is 9.47 Å². The van der Waals surface area contributed by atoms with Crippen molar-refractivity contribution < 1.29 is 4.79 Å². The summed E-state index contributed by atoms with van der Waals surface area (Å²) < 4.78 is 2.19. The number of rotatable bonds is 5. The molecule has 1 saturated heterocycles. The van der Waals surface area contributed by atoms with Crippen molar-refractivity contribution in [2.24, 2.45) is 0 Å². The van der Waals surface area contributed by atoms with Crippen molar-refractivity contribution in [1.82, 2.24) is 9.55 Å². The minimum absolute atomic E-state index is 0.214. The van der Waals surface area contributed by atoms with Gasteiger partial charge in [-0.3, -0.25) is 9.78 Å². The average molecular weight is 393 g/mol. The van der Waals surface area contributed by atoms with Gasteiger partial charge in [0.25, 0.3) is 0 Å². The van der Waals surface area contributed by atoms with Crippen LogP contribution in [0.15, 0.2) is 91.5 Å². The molecule has 4 nitrogen and oxygen atoms in total. The maximum atomic E-state index is 12.0. The van der Waals surface area contributed by atoms with Crippen molar-refractivity contribution in [2.75, 3.05) is 11.4 Å². The molecule has 2 aromatic heterocycles. The Balaban J connectivity index is 1.36. The van der Waals surface area contributed by atoms with Gasteiger partial charge in [0.1, 0.15) is 0 Å². The highest BCUT2D eigenvalue weighted by Crippen LogP contribution is 2.28. The number of aromatic nitrogens is 2. The molecule has 2 aromatic carbocycles. The normalized spacial score (nSPS) is 13.7. The van der Waals surface area contributed by atoms with Crippen LogP contribution in [0.3, 0.4) is 0 Å². The summed E-state index contributed by atoms with van der Waals surface area (Å²) in [6.45, 7) is 1.67. The number of pyridine rings is 1. The Morgan fingerprint density at radius 3 is 2.33 bits per heavy atom. The molecule has 5 rings (SSSR count). The molecular weight excluding hydrogens is 370 g/mol. The molecule has 0 aliphatic carbocycles. The Bertz CT molecular complexity index is 1160. The Kier molecular flexibility index (Phi) is 4.89. The van der Waals surface area contributed by atoms with E-state index in [1.54, 1.807) is 0 Å². The Morgan fingerprint density at radius 1 is 0.833 bits per heavy atom. The summed E-state index contributed by atoms with van der Waals surface area (Å²) in [6, 6.07) is 23.0. The van der Waals surface area contributed by atoms with E-state index in [1.807, 2.05) is 35.5 Å². The van der Waals surface area contributed by atoms with Gasteiger partial charge in [0.2, 0.25) is 5.91 Å². The molecule has 0 radical (unpaired) electrons. The average Bonchev–Trinajstić information content (AvgIpc) is 3.44. The van der Waals surface area contributed by atoms with E-state index in [0.29, 0.717) is 6.42 Å². The van der Waals surface area contributed by atoms with Crippen molar-refractivity contribution in [2.45, 2.75) is 19.4 Å². The molecule has 148 valence electrons. The van der Waals surface area contributed by atoms with E-state index >= 15 is 0 Å². The Labute approximate surface area is 176 Å². The highest BCUT2D eigenvalue weighted by Gasteiger charge is 2.21. The molecule has 30 heavy (non-hydrogen) atoms. The second-order valence-electron chi connectivity index (χ2n) is 7.72. The van der Waals surface area contributed by atoms with Crippen LogP contribution in [0.4, 0.5) is 5.69 Å². The molecule has 0 atom stereocenters. The van der Waals surface area contributed by atoms with Gasteiger partial charge >= 0.3 is 0 Å². The molecule has 1 amide bonds. The number of carbonyl (C=O) groups excluding carboxylic acids is 1. The fraction of sp³-hybridized carbons (Fsp3) is 0.154. The van der Waals surface area contributed by atoms with Gasteiger partial charge in [0, 0.05) is 66.7 Å². The Hall–Kier alpha value is -3.66. The van der Waals surface area contributed by atoms with E-state index in [1.165, 1.54) is 5.56 Å². The third-order valence-corrected chi connectivity index (χ3v) is 5.62. The van der Waals surface area contributed by atoms with E-state index in [0.717, 1.165) is 47.5 Å². The summed E-state index contributed by atoms with van der Waals surface area (Å²) in [5.41, 5.74) is 6.68. The van der Waals surface area contributed by atoms with E-state index in [9.17, 15) is 4.79 Å². The number of hydrogen-bond acceptors (Lipinski definition) is 2. The van der Waals surface area contributed by atoms with Gasteiger partial charge in [-0.25, -0.2) is 0 Å². The van der Waals surface area contributed by atoms with E-state index in [2.05, 4.69) is 70.5 Å². The molecular formula is C26H23N3O. The van der Waals surface area contributed by atoms with Crippen LogP contribution in [0.25, 0.3) is 22.3 Å². The third-order valence-electron chi connectivity index (χ3n) is 5.62. The predicted octanol–water partition coefficient (Wildman–Crippen LogP) is 5.39. The topological polar surface area (TPSA) is 38.1 Å². The number of nitrogens with zero attached hydrogens (tertiary/aromatic N) is 3. The largest absolute Gasteiger partial charge is 0.349 e. The maximum Gasteiger partial charge on any atom is 0.227 e. The second kappa shape index (κ2) is 7.99. The molecule has 0 N–H and O–H groups in total. The zero-order chi connectivity index (χ0) is 20.3. The van der Waals surface area contributed by atoms with Gasteiger partial charge in [-0.15, -0.1) is 0 Å². The fourth-order valence-corrected chi connectivity index (χ4v) is 4.01. The number of benzene rings is 2. The van der Waals surface area contributed by atoms with Gasteiger partial charge in [-0.1, -0.05) is 42.5 Å². The van der Waals surface area contributed by atoms with Crippen LogP contribution in [-0.2, 0) is 11.3 Å². The molecule has 0 spiro atoms. The van der Waals surface area contributed by atoms with Crippen molar-refractivity contribution in [1.29, 1.82) is 0 Å². The summed E-state index contributed by atoms with van der Waals surface area (Å²) >= 11 is 0. The molecule has 4 aromatic rings. The first-order valence-corrected chi connectivity index (χ1v) is 10.3. The summed E-state index contributed by atoms with van der Waals surface area (Å²) in [7, 11) is 0. The smallest absolute Gasteiger partial charge is 0.227 e. The number of carbonyl (C=O) groups is 1. The first-order chi connectivity index (χ1) is 14.8. The van der Waals surface area contributed by atoms with Gasteiger partial charge in [-0.05, 0) is 41.8 Å². The van der Waals surface area contributed by atoms with Crippen molar-refractivity contribution in [3.63, 3.8) is 0 Å². The summed E-state index contributed by atoms with van der Waals surface area (Å²) in [4.78, 5) is 18.3. The fourth-order valence-electron chi connectivity index (χ4n) is 4.01. The number of anilines is 1. The zero-order valence-electron chi connectivity index (χ0n) is 16.7. The SMILES string of the molecule is O=C1CCCN1c1ccc(-c2cncc(-c3ccn(Cc4ccccc4)c3)c2)cc1. The molecule has 0 saturated carbocycles. The van der Waals surface area contributed by atoms with Gasteiger partial charge in [0.05, 0.1) is 0 Å². The lowest BCUT2D eigenvalue weighted by atomic mass is 10.0. The van der Waals surface area contributed by atoms with Crippen LogP contribution < -0.4 is 4.90 Å². The van der Waals surface area contributed by atoms with E-state index in [4.69, 9.17) is 0 Å². The lowest BCUT2D eigenvalue weighted by molar-refractivity contribution is -0.117. The van der Waals surface area contributed by atoms with Crippen molar-refractivity contribution >= 4 is 11.6 Å². The van der Waals surface area contributed by atoms with Crippen molar-refractivity contribution in [3.8, 4) is 22.3 Å². The van der Waals surface area contributed by atoms with Gasteiger partial charge in [0.15, 0.2) is 0 Å². The first-order valence-electron chi connectivity index (χ1n) is 10.3. The maximum absolute atomic E-state index is 12.0. The van der Waals surface area contributed by atoms with Crippen molar-refractivity contribution in [3.05, 3.63) is 97.1 Å². The Morgan fingerprint density at radius 2 is 1.60 bits per heavy atom. The molecule has 3 heterocycles. The molecule has 0 unspecified atom stereocenters. The van der Waals surface area contributed by atoms with Crippen LogP contribution in [0, 0.1) is 0 Å². The standard InChI is InChI=1S/C26H23N3O/c30-26-7-4-13-29(26)25-10-8-21(9-11-25)23-15-24(17-27-16-23)22-12-14-28(19-22)18-20-5-2-1-3-6-20/h1-3,5-6,8-12,14-17,19H,4,7,13,18H2. The molecule has 0 bridgehead atoms. The van der Waals surface area contributed by atoms with E-state index in [-0.39, 0.29) is 5.91 Å². The monoisotopic (exact) mass is 393 g/mol. The predicted molar refractivity (Wildman–Crippen MR) is 120 cm³/mol. The minimum atomic E-state index is 0.214. The van der Waals surface area contributed by atoms with Crippen LogP contribution in [0.5, 0.6) is 0 Å².